The number of carbonyl (C=O) groups is 1. The smallest absolute Gasteiger partial charge is 0.356 e. The molecule has 1 rings (SSSR count). The van der Waals surface area contributed by atoms with Gasteiger partial charge in [0.05, 0.1) is 12.2 Å². The number of nitrogens with one attached hydrogen (secondary N) is 1. The predicted octanol–water partition coefficient (Wildman–Crippen LogP) is 0.819. The Balaban J connectivity index is 2.78. The maximum absolute atomic E-state index is 12.7. The molecule has 1 aromatic rings. The number of hydrogen-bond donors (Lipinski definition) is 3. The highest BCUT2D eigenvalue weighted by molar-refractivity contribution is 5.91. The Bertz CT molecular complexity index is 385. The number of alkyl halides is 2. The molecule has 0 radical (unpaired) electrons. The lowest BCUT2D eigenvalue weighted by atomic mass is 10.2. The molecule has 0 saturated carbocycles. The molecule has 0 spiro atoms. The van der Waals surface area contributed by atoms with Crippen LogP contribution in [-0.4, -0.2) is 40.2 Å². The Labute approximate surface area is 89.7 Å². The molecule has 1 aromatic heterocycles. The van der Waals surface area contributed by atoms with Crippen LogP contribution in [0, 0.1) is 0 Å². The van der Waals surface area contributed by atoms with Crippen LogP contribution in [0.15, 0.2) is 18.3 Å². The molecule has 0 aliphatic rings. The first kappa shape index (κ1) is 12.3. The number of halogens is 2. The van der Waals surface area contributed by atoms with Gasteiger partial charge in [0.1, 0.15) is 6.61 Å². The second-order valence-electron chi connectivity index (χ2n) is 3.07. The van der Waals surface area contributed by atoms with E-state index in [9.17, 15) is 13.6 Å². The molecule has 0 fully saturated rings. The second kappa shape index (κ2) is 4.84. The van der Waals surface area contributed by atoms with E-state index >= 15 is 0 Å². The van der Waals surface area contributed by atoms with Crippen LogP contribution in [-0.2, 0) is 0 Å². The summed E-state index contributed by atoms with van der Waals surface area (Å²) in [6.45, 7) is -2.15. The molecule has 0 amide bonds. The Kier molecular flexibility index (Phi) is 3.73. The number of aliphatic hydroxyl groups excluding tert-OH is 1. The minimum atomic E-state index is -3.30. The molecule has 5 nitrogen and oxygen atoms in total. The minimum Gasteiger partial charge on any atom is -0.476 e. The fourth-order valence-corrected chi connectivity index (χ4v) is 0.999. The SMILES string of the molecule is O=C(O)c1ncccc1NCC(F)(F)CO. The first-order valence-corrected chi connectivity index (χ1v) is 4.37. The zero-order valence-corrected chi connectivity index (χ0v) is 8.15. The van der Waals surface area contributed by atoms with Gasteiger partial charge in [-0.15, -0.1) is 0 Å². The van der Waals surface area contributed by atoms with Crippen molar-refractivity contribution in [3.05, 3.63) is 24.0 Å². The van der Waals surface area contributed by atoms with Crippen molar-refractivity contribution < 1.29 is 23.8 Å². The number of rotatable bonds is 5. The maximum atomic E-state index is 12.7. The lowest BCUT2D eigenvalue weighted by Gasteiger charge is -2.15. The molecule has 1 heterocycles. The van der Waals surface area contributed by atoms with Gasteiger partial charge in [-0.25, -0.2) is 18.6 Å². The molecule has 3 N–H and O–H groups in total. The van der Waals surface area contributed by atoms with Crippen LogP contribution in [0.4, 0.5) is 14.5 Å². The third-order valence-corrected chi connectivity index (χ3v) is 1.78. The van der Waals surface area contributed by atoms with Gasteiger partial charge in [-0.1, -0.05) is 0 Å². The van der Waals surface area contributed by atoms with Gasteiger partial charge in [-0.05, 0) is 12.1 Å². The molecular weight excluding hydrogens is 222 g/mol. The summed E-state index contributed by atoms with van der Waals surface area (Å²) in [6, 6.07) is 2.75. The molecule has 0 aromatic carbocycles. The summed E-state index contributed by atoms with van der Waals surface area (Å²) < 4.78 is 25.4. The van der Waals surface area contributed by atoms with E-state index in [1.165, 1.54) is 18.3 Å². The van der Waals surface area contributed by atoms with Gasteiger partial charge in [0.25, 0.3) is 5.92 Å². The van der Waals surface area contributed by atoms with Crippen LogP contribution >= 0.6 is 0 Å². The van der Waals surface area contributed by atoms with Crippen molar-refractivity contribution in [2.75, 3.05) is 18.5 Å². The van der Waals surface area contributed by atoms with Crippen LogP contribution in [0.3, 0.4) is 0 Å². The number of nitrogens with zero attached hydrogens (tertiary/aromatic N) is 1. The number of anilines is 1. The molecule has 0 saturated heterocycles. The Morgan fingerprint density at radius 3 is 2.81 bits per heavy atom. The molecule has 0 aliphatic heterocycles. The Morgan fingerprint density at radius 1 is 1.56 bits per heavy atom. The minimum absolute atomic E-state index is 0.0110. The third-order valence-electron chi connectivity index (χ3n) is 1.78. The van der Waals surface area contributed by atoms with Crippen LogP contribution in [0.25, 0.3) is 0 Å². The van der Waals surface area contributed by atoms with Gasteiger partial charge in [-0.3, -0.25) is 0 Å². The highest BCUT2D eigenvalue weighted by atomic mass is 19.3. The molecule has 0 unspecified atom stereocenters. The van der Waals surface area contributed by atoms with Crippen LogP contribution in [0.2, 0.25) is 0 Å². The third kappa shape index (κ3) is 3.13. The summed E-state index contributed by atoms with van der Waals surface area (Å²) in [7, 11) is 0. The fourth-order valence-electron chi connectivity index (χ4n) is 0.999. The number of aliphatic hydroxyl groups is 1. The van der Waals surface area contributed by atoms with Gasteiger partial charge in [0, 0.05) is 6.20 Å². The second-order valence-corrected chi connectivity index (χ2v) is 3.07. The standard InChI is InChI=1S/C9H10F2N2O3/c10-9(11,5-14)4-13-6-2-1-3-12-7(6)8(15)16/h1-3,13-14H,4-5H2,(H,15,16). The Hall–Kier alpha value is -1.76. The zero-order valence-electron chi connectivity index (χ0n) is 8.15. The molecule has 88 valence electrons. The predicted molar refractivity (Wildman–Crippen MR) is 51.7 cm³/mol. The average Bonchev–Trinajstić information content (AvgIpc) is 2.27. The molecule has 16 heavy (non-hydrogen) atoms. The summed E-state index contributed by atoms with van der Waals surface area (Å²) in [4.78, 5) is 14.2. The number of carboxylic acids is 1. The average molecular weight is 232 g/mol. The van der Waals surface area contributed by atoms with Crippen molar-refractivity contribution in [1.82, 2.24) is 4.98 Å². The van der Waals surface area contributed by atoms with E-state index in [0.717, 1.165) is 0 Å². The van der Waals surface area contributed by atoms with Crippen molar-refractivity contribution >= 4 is 11.7 Å². The van der Waals surface area contributed by atoms with Crippen LogP contribution in [0.1, 0.15) is 10.5 Å². The number of carboxylic acid groups (broad SMARTS) is 1. The van der Waals surface area contributed by atoms with E-state index in [-0.39, 0.29) is 11.4 Å². The lowest BCUT2D eigenvalue weighted by Crippen LogP contribution is -2.31. The topological polar surface area (TPSA) is 82.5 Å². The molecule has 0 aliphatic carbocycles. The fraction of sp³-hybridized carbons (Fsp3) is 0.333. The number of pyridine rings is 1. The molecular formula is C9H10F2N2O3. The first-order valence-electron chi connectivity index (χ1n) is 4.37. The highest BCUT2D eigenvalue weighted by Crippen LogP contribution is 2.16. The van der Waals surface area contributed by atoms with Gasteiger partial charge < -0.3 is 15.5 Å². The van der Waals surface area contributed by atoms with E-state index in [1.807, 2.05) is 0 Å². The van der Waals surface area contributed by atoms with Gasteiger partial charge >= 0.3 is 5.97 Å². The van der Waals surface area contributed by atoms with Gasteiger partial charge in [-0.2, -0.15) is 0 Å². The monoisotopic (exact) mass is 232 g/mol. The van der Waals surface area contributed by atoms with E-state index in [1.54, 1.807) is 0 Å². The quantitative estimate of drug-likeness (QED) is 0.700. The maximum Gasteiger partial charge on any atom is 0.356 e. The number of hydrogen-bond acceptors (Lipinski definition) is 4. The van der Waals surface area contributed by atoms with E-state index in [2.05, 4.69) is 10.3 Å². The van der Waals surface area contributed by atoms with Crippen molar-refractivity contribution in [3.63, 3.8) is 0 Å². The van der Waals surface area contributed by atoms with Gasteiger partial charge in [0.15, 0.2) is 5.69 Å². The largest absolute Gasteiger partial charge is 0.476 e. The molecule has 0 atom stereocenters. The number of aromatic nitrogens is 1. The van der Waals surface area contributed by atoms with Crippen LogP contribution < -0.4 is 5.32 Å². The first-order chi connectivity index (χ1) is 7.46. The van der Waals surface area contributed by atoms with Gasteiger partial charge in [0.2, 0.25) is 0 Å². The zero-order chi connectivity index (χ0) is 12.2. The van der Waals surface area contributed by atoms with E-state index < -0.39 is 25.0 Å². The van der Waals surface area contributed by atoms with Crippen molar-refractivity contribution in [2.45, 2.75) is 5.92 Å². The van der Waals surface area contributed by atoms with Crippen molar-refractivity contribution in [1.29, 1.82) is 0 Å². The molecule has 0 bridgehead atoms. The molecule has 7 heteroatoms. The lowest BCUT2D eigenvalue weighted by molar-refractivity contribution is -0.0373. The normalized spacial score (nSPS) is 11.2. The van der Waals surface area contributed by atoms with E-state index in [0.29, 0.717) is 0 Å². The summed E-state index contributed by atoms with van der Waals surface area (Å²) >= 11 is 0. The summed E-state index contributed by atoms with van der Waals surface area (Å²) in [5.41, 5.74) is -0.348. The summed E-state index contributed by atoms with van der Waals surface area (Å²) in [5, 5.41) is 19.3. The summed E-state index contributed by atoms with van der Waals surface area (Å²) in [6.07, 6.45) is 1.25. The van der Waals surface area contributed by atoms with Crippen LogP contribution in [0.5, 0.6) is 0 Å². The summed E-state index contributed by atoms with van der Waals surface area (Å²) in [5.74, 6) is -4.61. The van der Waals surface area contributed by atoms with E-state index in [4.69, 9.17) is 10.2 Å². The van der Waals surface area contributed by atoms with Crippen molar-refractivity contribution in [2.24, 2.45) is 0 Å². The number of aromatic carboxylic acids is 1. The highest BCUT2D eigenvalue weighted by Gasteiger charge is 2.27. The Morgan fingerprint density at radius 2 is 2.25 bits per heavy atom. The van der Waals surface area contributed by atoms with Crippen molar-refractivity contribution in [3.8, 4) is 0 Å².